The predicted octanol–water partition coefficient (Wildman–Crippen LogP) is 3.62. The normalized spacial score (nSPS) is 18.7. The fourth-order valence-corrected chi connectivity index (χ4v) is 3.07. The van der Waals surface area contributed by atoms with Crippen LogP contribution in [0.25, 0.3) is 0 Å². The first-order chi connectivity index (χ1) is 10.1. The fraction of sp³-hybridized carbons (Fsp3) is 0.333. The number of benzene rings is 2. The lowest BCUT2D eigenvalue weighted by atomic mass is 10.1. The van der Waals surface area contributed by atoms with Gasteiger partial charge in [-0.3, -0.25) is 0 Å². The molecule has 1 N–H and O–H groups in total. The predicted molar refractivity (Wildman–Crippen MR) is 83.1 cm³/mol. The van der Waals surface area contributed by atoms with Crippen molar-refractivity contribution in [3.05, 3.63) is 65.0 Å². The van der Waals surface area contributed by atoms with Crippen LogP contribution >= 0.6 is 0 Å². The standard InChI is InChI=1S/C18H20FNO/c1-12-9-15(7-8-16(12)19)18(21)11-20-13(2)10-14-5-3-4-6-17(14)20/h3-9,13,18,21H,10-11H2,1-2H3. The summed E-state index contributed by atoms with van der Waals surface area (Å²) >= 11 is 0. The lowest BCUT2D eigenvalue weighted by Gasteiger charge is -2.27. The van der Waals surface area contributed by atoms with E-state index in [0.717, 1.165) is 12.0 Å². The van der Waals surface area contributed by atoms with Crippen molar-refractivity contribution in [1.82, 2.24) is 0 Å². The molecule has 0 spiro atoms. The number of hydrogen-bond donors (Lipinski definition) is 1. The molecule has 2 aromatic rings. The minimum absolute atomic E-state index is 0.231. The van der Waals surface area contributed by atoms with Gasteiger partial charge in [-0.2, -0.15) is 0 Å². The molecule has 2 nitrogen and oxygen atoms in total. The lowest BCUT2D eigenvalue weighted by molar-refractivity contribution is 0.181. The second-order valence-electron chi connectivity index (χ2n) is 5.86. The van der Waals surface area contributed by atoms with Crippen molar-refractivity contribution in [2.45, 2.75) is 32.4 Å². The number of hydrogen-bond acceptors (Lipinski definition) is 2. The average Bonchev–Trinajstić information content (AvgIpc) is 2.78. The minimum Gasteiger partial charge on any atom is -0.387 e. The molecule has 2 unspecified atom stereocenters. The van der Waals surface area contributed by atoms with E-state index in [0.29, 0.717) is 18.2 Å². The summed E-state index contributed by atoms with van der Waals surface area (Å²) < 4.78 is 13.3. The van der Waals surface area contributed by atoms with Gasteiger partial charge in [0, 0.05) is 18.3 Å². The molecule has 0 amide bonds. The number of fused-ring (bicyclic) bond motifs is 1. The van der Waals surface area contributed by atoms with Gasteiger partial charge < -0.3 is 10.0 Å². The van der Waals surface area contributed by atoms with Crippen molar-refractivity contribution in [1.29, 1.82) is 0 Å². The van der Waals surface area contributed by atoms with Gasteiger partial charge in [-0.1, -0.05) is 30.3 Å². The number of aliphatic hydroxyl groups excluding tert-OH is 1. The Morgan fingerprint density at radius 2 is 2.05 bits per heavy atom. The van der Waals surface area contributed by atoms with E-state index in [1.165, 1.54) is 17.3 Å². The van der Waals surface area contributed by atoms with Crippen LogP contribution < -0.4 is 4.90 Å². The smallest absolute Gasteiger partial charge is 0.126 e. The zero-order chi connectivity index (χ0) is 15.0. The van der Waals surface area contributed by atoms with E-state index in [-0.39, 0.29) is 5.82 Å². The van der Waals surface area contributed by atoms with Gasteiger partial charge in [0.15, 0.2) is 0 Å². The van der Waals surface area contributed by atoms with Crippen LogP contribution in [0.5, 0.6) is 0 Å². The number of aliphatic hydroxyl groups is 1. The maximum absolute atomic E-state index is 13.3. The van der Waals surface area contributed by atoms with Crippen molar-refractivity contribution in [2.24, 2.45) is 0 Å². The third-order valence-electron chi connectivity index (χ3n) is 4.28. The monoisotopic (exact) mass is 285 g/mol. The van der Waals surface area contributed by atoms with E-state index in [4.69, 9.17) is 0 Å². The van der Waals surface area contributed by atoms with Gasteiger partial charge in [-0.05, 0) is 49.1 Å². The van der Waals surface area contributed by atoms with Crippen LogP contribution in [0, 0.1) is 12.7 Å². The molecule has 0 saturated carbocycles. The molecule has 0 bridgehead atoms. The molecule has 0 fully saturated rings. The Morgan fingerprint density at radius 3 is 2.81 bits per heavy atom. The summed E-state index contributed by atoms with van der Waals surface area (Å²) in [6.07, 6.45) is 0.392. The van der Waals surface area contributed by atoms with Crippen LogP contribution in [-0.4, -0.2) is 17.7 Å². The molecule has 2 aromatic carbocycles. The van der Waals surface area contributed by atoms with Crippen LogP contribution in [0.1, 0.15) is 29.7 Å². The number of anilines is 1. The molecule has 110 valence electrons. The van der Waals surface area contributed by atoms with E-state index in [9.17, 15) is 9.50 Å². The van der Waals surface area contributed by atoms with Crippen molar-refractivity contribution < 1.29 is 9.50 Å². The number of β-amino-alcohol motifs (C(OH)–C–C–N with tert-alkyl or cyclic N) is 1. The minimum atomic E-state index is -0.613. The maximum Gasteiger partial charge on any atom is 0.126 e. The Kier molecular flexibility index (Phi) is 3.68. The molecule has 0 radical (unpaired) electrons. The summed E-state index contributed by atoms with van der Waals surface area (Å²) in [5.74, 6) is -0.231. The molecule has 0 aliphatic carbocycles. The molecule has 0 aromatic heterocycles. The van der Waals surface area contributed by atoms with E-state index in [2.05, 4.69) is 30.0 Å². The second-order valence-corrected chi connectivity index (χ2v) is 5.86. The zero-order valence-electron chi connectivity index (χ0n) is 12.4. The van der Waals surface area contributed by atoms with E-state index < -0.39 is 6.10 Å². The van der Waals surface area contributed by atoms with Crippen LogP contribution in [0.4, 0.5) is 10.1 Å². The maximum atomic E-state index is 13.3. The third-order valence-corrected chi connectivity index (χ3v) is 4.28. The highest BCUT2D eigenvalue weighted by atomic mass is 19.1. The Morgan fingerprint density at radius 1 is 1.29 bits per heavy atom. The summed E-state index contributed by atoms with van der Waals surface area (Å²) in [7, 11) is 0. The molecule has 3 heteroatoms. The Hall–Kier alpha value is -1.87. The highest BCUT2D eigenvalue weighted by molar-refractivity contribution is 5.59. The first-order valence-electron chi connectivity index (χ1n) is 7.35. The number of aryl methyl sites for hydroxylation is 1. The van der Waals surface area contributed by atoms with E-state index >= 15 is 0 Å². The lowest BCUT2D eigenvalue weighted by Crippen LogP contribution is -2.33. The molecule has 0 saturated heterocycles. The van der Waals surface area contributed by atoms with Gasteiger partial charge >= 0.3 is 0 Å². The Labute approximate surface area is 124 Å². The first kappa shape index (κ1) is 14.1. The molecular formula is C18H20FNO. The molecule has 3 rings (SSSR count). The molecule has 1 aliphatic rings. The average molecular weight is 285 g/mol. The Balaban J connectivity index is 1.81. The summed E-state index contributed by atoms with van der Waals surface area (Å²) in [4.78, 5) is 2.23. The molecule has 21 heavy (non-hydrogen) atoms. The van der Waals surface area contributed by atoms with Crippen LogP contribution in [0.15, 0.2) is 42.5 Å². The summed E-state index contributed by atoms with van der Waals surface area (Å²) in [6.45, 7) is 4.42. The number of halogens is 1. The van der Waals surface area contributed by atoms with Gasteiger partial charge in [0.05, 0.1) is 6.10 Å². The van der Waals surface area contributed by atoms with Crippen LogP contribution in [-0.2, 0) is 6.42 Å². The molecule has 1 aliphatic heterocycles. The number of para-hydroxylation sites is 1. The van der Waals surface area contributed by atoms with Crippen LogP contribution in [0.2, 0.25) is 0 Å². The highest BCUT2D eigenvalue weighted by Crippen LogP contribution is 2.33. The highest BCUT2D eigenvalue weighted by Gasteiger charge is 2.27. The second kappa shape index (κ2) is 5.49. The van der Waals surface area contributed by atoms with Gasteiger partial charge in [0.1, 0.15) is 5.82 Å². The first-order valence-corrected chi connectivity index (χ1v) is 7.35. The van der Waals surface area contributed by atoms with Gasteiger partial charge in [-0.15, -0.1) is 0 Å². The number of rotatable bonds is 3. The van der Waals surface area contributed by atoms with Gasteiger partial charge in [0.25, 0.3) is 0 Å². The van der Waals surface area contributed by atoms with Gasteiger partial charge in [-0.25, -0.2) is 4.39 Å². The fourth-order valence-electron chi connectivity index (χ4n) is 3.07. The Bertz CT molecular complexity index is 655. The molecular weight excluding hydrogens is 265 g/mol. The molecule has 2 atom stereocenters. The molecule has 1 heterocycles. The van der Waals surface area contributed by atoms with Crippen LogP contribution in [0.3, 0.4) is 0 Å². The summed E-state index contributed by atoms with van der Waals surface area (Å²) in [5.41, 5.74) is 3.86. The summed E-state index contributed by atoms with van der Waals surface area (Å²) in [5, 5.41) is 10.5. The quantitative estimate of drug-likeness (QED) is 0.931. The largest absolute Gasteiger partial charge is 0.387 e. The van der Waals surface area contributed by atoms with Crippen molar-refractivity contribution >= 4 is 5.69 Å². The van der Waals surface area contributed by atoms with E-state index in [1.54, 1.807) is 19.1 Å². The topological polar surface area (TPSA) is 23.5 Å². The number of nitrogens with zero attached hydrogens (tertiary/aromatic N) is 1. The summed E-state index contributed by atoms with van der Waals surface area (Å²) in [6, 6.07) is 13.5. The zero-order valence-corrected chi connectivity index (χ0v) is 12.4. The SMILES string of the molecule is Cc1cc(C(O)CN2c3ccccc3CC2C)ccc1F. The van der Waals surface area contributed by atoms with Gasteiger partial charge in [0.2, 0.25) is 0 Å². The van der Waals surface area contributed by atoms with Crippen molar-refractivity contribution in [3.63, 3.8) is 0 Å². The third kappa shape index (κ3) is 2.66. The van der Waals surface area contributed by atoms with E-state index in [1.807, 2.05) is 6.07 Å². The van der Waals surface area contributed by atoms with Crippen molar-refractivity contribution in [2.75, 3.05) is 11.4 Å². The van der Waals surface area contributed by atoms with Crippen molar-refractivity contribution in [3.8, 4) is 0 Å².